The number of hydrogen-bond donors (Lipinski definition) is 1. The molecule has 2 fully saturated rings. The molecule has 1 N–H and O–H groups in total. The van der Waals surface area contributed by atoms with Crippen molar-refractivity contribution in [2.75, 3.05) is 13.1 Å². The van der Waals surface area contributed by atoms with Crippen molar-refractivity contribution in [3.63, 3.8) is 0 Å². The van der Waals surface area contributed by atoms with E-state index >= 15 is 0 Å². The van der Waals surface area contributed by atoms with E-state index in [0.29, 0.717) is 12.5 Å². The van der Waals surface area contributed by atoms with E-state index in [1.54, 1.807) is 0 Å². The maximum absolute atomic E-state index is 12.0. The zero-order chi connectivity index (χ0) is 9.97. The first kappa shape index (κ1) is 9.97. The summed E-state index contributed by atoms with van der Waals surface area (Å²) in [4.78, 5) is 13.8. The molecule has 0 aromatic carbocycles. The van der Waals surface area contributed by atoms with E-state index in [2.05, 4.69) is 0 Å². The first-order valence-corrected chi connectivity index (χ1v) is 5.74. The molecule has 1 aliphatic heterocycles. The van der Waals surface area contributed by atoms with E-state index in [0.717, 1.165) is 25.8 Å². The fourth-order valence-electron chi connectivity index (χ4n) is 2.55. The van der Waals surface area contributed by atoms with Crippen molar-refractivity contribution in [3.8, 4) is 0 Å². The summed E-state index contributed by atoms with van der Waals surface area (Å²) < 4.78 is 0. The van der Waals surface area contributed by atoms with Crippen molar-refractivity contribution >= 4 is 5.91 Å². The van der Waals surface area contributed by atoms with E-state index < -0.39 is 0 Å². The third-order valence-electron chi connectivity index (χ3n) is 3.43. The van der Waals surface area contributed by atoms with Gasteiger partial charge in [-0.25, -0.2) is 0 Å². The van der Waals surface area contributed by atoms with Crippen molar-refractivity contribution < 1.29 is 9.90 Å². The van der Waals surface area contributed by atoms with E-state index in [-0.39, 0.29) is 12.0 Å². The fourth-order valence-corrected chi connectivity index (χ4v) is 2.55. The predicted octanol–water partition coefficient (Wildman–Crippen LogP) is 1.16. The van der Waals surface area contributed by atoms with Crippen LogP contribution in [0.25, 0.3) is 0 Å². The molecule has 0 radical (unpaired) electrons. The van der Waals surface area contributed by atoms with Gasteiger partial charge in [-0.05, 0) is 19.3 Å². The summed E-state index contributed by atoms with van der Waals surface area (Å²) in [6, 6.07) is 0. The number of carbonyl (C=O) groups excluding carboxylic acids is 1. The SMILES string of the molecule is O=C(C1CCCCC1)N1CCC(O)C1. The van der Waals surface area contributed by atoms with Crippen LogP contribution in [0, 0.1) is 5.92 Å². The number of rotatable bonds is 1. The molecule has 80 valence electrons. The highest BCUT2D eigenvalue weighted by Gasteiger charge is 2.30. The maximum atomic E-state index is 12.0. The lowest BCUT2D eigenvalue weighted by molar-refractivity contribution is -0.135. The molecule has 3 heteroatoms. The first-order chi connectivity index (χ1) is 6.77. The molecule has 3 nitrogen and oxygen atoms in total. The molecule has 1 amide bonds. The van der Waals surface area contributed by atoms with Crippen LogP contribution in [-0.2, 0) is 4.79 Å². The second-order valence-corrected chi connectivity index (χ2v) is 4.56. The van der Waals surface area contributed by atoms with Crippen LogP contribution in [0.4, 0.5) is 0 Å². The van der Waals surface area contributed by atoms with Crippen LogP contribution in [0.1, 0.15) is 38.5 Å². The Morgan fingerprint density at radius 3 is 2.43 bits per heavy atom. The standard InChI is InChI=1S/C11H19NO2/c13-10-6-7-12(8-10)11(14)9-4-2-1-3-5-9/h9-10,13H,1-8H2. The molecule has 0 bridgehead atoms. The summed E-state index contributed by atoms with van der Waals surface area (Å²) in [6.45, 7) is 1.33. The Balaban J connectivity index is 1.87. The molecule has 2 aliphatic rings. The van der Waals surface area contributed by atoms with Crippen LogP contribution >= 0.6 is 0 Å². The largest absolute Gasteiger partial charge is 0.391 e. The van der Waals surface area contributed by atoms with Gasteiger partial charge in [-0.2, -0.15) is 0 Å². The van der Waals surface area contributed by atoms with Gasteiger partial charge < -0.3 is 10.0 Å². The Kier molecular flexibility index (Phi) is 3.06. The average Bonchev–Trinajstić information content (AvgIpc) is 2.65. The number of β-amino-alcohol motifs (C(OH)–C–C–N with tert-alkyl or cyclic N) is 1. The van der Waals surface area contributed by atoms with Crippen LogP contribution in [0.3, 0.4) is 0 Å². The number of amides is 1. The highest BCUT2D eigenvalue weighted by Crippen LogP contribution is 2.26. The lowest BCUT2D eigenvalue weighted by atomic mass is 9.88. The molecular weight excluding hydrogens is 178 g/mol. The molecule has 0 aromatic rings. The van der Waals surface area contributed by atoms with Crippen LogP contribution in [0.15, 0.2) is 0 Å². The molecule has 1 heterocycles. The Bertz CT molecular complexity index is 205. The average molecular weight is 197 g/mol. The van der Waals surface area contributed by atoms with Gasteiger partial charge in [-0.15, -0.1) is 0 Å². The van der Waals surface area contributed by atoms with Crippen molar-refractivity contribution in [2.45, 2.75) is 44.6 Å². The minimum Gasteiger partial charge on any atom is -0.391 e. The van der Waals surface area contributed by atoms with E-state index in [9.17, 15) is 9.90 Å². The summed E-state index contributed by atoms with van der Waals surface area (Å²) in [7, 11) is 0. The number of hydrogen-bond acceptors (Lipinski definition) is 2. The molecule has 0 spiro atoms. The third-order valence-corrected chi connectivity index (χ3v) is 3.43. The minimum absolute atomic E-state index is 0.258. The lowest BCUT2D eigenvalue weighted by Crippen LogP contribution is -2.35. The van der Waals surface area contributed by atoms with Crippen LogP contribution in [0.5, 0.6) is 0 Å². The molecule has 2 rings (SSSR count). The normalized spacial score (nSPS) is 29.5. The summed E-state index contributed by atoms with van der Waals surface area (Å²) in [5.41, 5.74) is 0. The fraction of sp³-hybridized carbons (Fsp3) is 0.909. The van der Waals surface area contributed by atoms with E-state index in [1.165, 1.54) is 19.3 Å². The lowest BCUT2D eigenvalue weighted by Gasteiger charge is -2.25. The number of nitrogens with zero attached hydrogens (tertiary/aromatic N) is 1. The second-order valence-electron chi connectivity index (χ2n) is 4.56. The van der Waals surface area contributed by atoms with Gasteiger partial charge in [0.25, 0.3) is 0 Å². The number of likely N-dealkylation sites (tertiary alicyclic amines) is 1. The van der Waals surface area contributed by atoms with Gasteiger partial charge in [0.2, 0.25) is 5.91 Å². The number of aliphatic hydroxyl groups excluding tert-OH is 1. The van der Waals surface area contributed by atoms with Gasteiger partial charge in [0.05, 0.1) is 6.10 Å². The van der Waals surface area contributed by atoms with Crippen molar-refractivity contribution in [1.82, 2.24) is 4.90 Å². The molecular formula is C11H19NO2. The Hall–Kier alpha value is -0.570. The maximum Gasteiger partial charge on any atom is 0.225 e. The van der Waals surface area contributed by atoms with Crippen molar-refractivity contribution in [3.05, 3.63) is 0 Å². The van der Waals surface area contributed by atoms with Gasteiger partial charge >= 0.3 is 0 Å². The number of carbonyl (C=O) groups is 1. The Labute approximate surface area is 85.1 Å². The molecule has 1 unspecified atom stereocenters. The minimum atomic E-state index is -0.275. The smallest absolute Gasteiger partial charge is 0.225 e. The van der Waals surface area contributed by atoms with Crippen molar-refractivity contribution in [1.29, 1.82) is 0 Å². The predicted molar refractivity (Wildman–Crippen MR) is 53.8 cm³/mol. The molecule has 0 aromatic heterocycles. The van der Waals surface area contributed by atoms with Gasteiger partial charge in [-0.3, -0.25) is 4.79 Å². The topological polar surface area (TPSA) is 40.5 Å². The zero-order valence-corrected chi connectivity index (χ0v) is 8.61. The summed E-state index contributed by atoms with van der Waals surface area (Å²) >= 11 is 0. The first-order valence-electron chi connectivity index (χ1n) is 5.74. The Morgan fingerprint density at radius 2 is 1.86 bits per heavy atom. The monoisotopic (exact) mass is 197 g/mol. The summed E-state index contributed by atoms with van der Waals surface area (Å²) in [5, 5.41) is 9.35. The van der Waals surface area contributed by atoms with Crippen molar-refractivity contribution in [2.24, 2.45) is 5.92 Å². The molecule has 1 saturated heterocycles. The number of aliphatic hydroxyl groups is 1. The molecule has 14 heavy (non-hydrogen) atoms. The molecule has 1 atom stereocenters. The van der Waals surface area contributed by atoms with Crippen LogP contribution in [-0.4, -0.2) is 35.1 Å². The van der Waals surface area contributed by atoms with E-state index in [1.807, 2.05) is 4.90 Å². The third kappa shape index (κ3) is 2.08. The summed E-state index contributed by atoms with van der Waals surface area (Å²) in [5.74, 6) is 0.551. The Morgan fingerprint density at radius 1 is 1.14 bits per heavy atom. The van der Waals surface area contributed by atoms with Gasteiger partial charge in [0.15, 0.2) is 0 Å². The van der Waals surface area contributed by atoms with Gasteiger partial charge in [0.1, 0.15) is 0 Å². The molecule has 1 saturated carbocycles. The van der Waals surface area contributed by atoms with E-state index in [4.69, 9.17) is 0 Å². The van der Waals surface area contributed by atoms with Gasteiger partial charge in [0, 0.05) is 19.0 Å². The summed E-state index contributed by atoms with van der Waals surface area (Å²) in [6.07, 6.45) is 6.30. The van der Waals surface area contributed by atoms with Gasteiger partial charge in [-0.1, -0.05) is 19.3 Å². The quantitative estimate of drug-likeness (QED) is 0.685. The van der Waals surface area contributed by atoms with Crippen LogP contribution < -0.4 is 0 Å². The highest BCUT2D eigenvalue weighted by molar-refractivity contribution is 5.79. The second kappa shape index (κ2) is 4.30. The zero-order valence-electron chi connectivity index (χ0n) is 8.61. The highest BCUT2D eigenvalue weighted by atomic mass is 16.3. The molecule has 1 aliphatic carbocycles. The van der Waals surface area contributed by atoms with Crippen LogP contribution in [0.2, 0.25) is 0 Å².